The maximum absolute atomic E-state index is 13.0. The maximum atomic E-state index is 13.0. The van der Waals surface area contributed by atoms with Gasteiger partial charge in [-0.1, -0.05) is 18.2 Å². The second-order valence-electron chi connectivity index (χ2n) is 5.99. The van der Waals surface area contributed by atoms with E-state index in [1.54, 1.807) is 6.20 Å². The molecule has 1 aromatic carbocycles. The van der Waals surface area contributed by atoms with Crippen molar-refractivity contribution in [1.29, 1.82) is 0 Å². The molecule has 0 unspecified atom stereocenters. The van der Waals surface area contributed by atoms with Gasteiger partial charge in [0.1, 0.15) is 12.2 Å². The number of carbonyl (C=O) groups is 1. The molecule has 3 aromatic heterocycles. The minimum absolute atomic E-state index is 0.0250. The number of carbonyl (C=O) groups excluding carboxylic acids is 1. The molecule has 0 saturated carbocycles. The Kier molecular flexibility index (Phi) is 2.59. The summed E-state index contributed by atoms with van der Waals surface area (Å²) in [4.78, 5) is 22.2. The second kappa shape index (κ2) is 4.68. The number of nitrogens with zero attached hydrogens (tertiary/aromatic N) is 3. The molecule has 0 aliphatic heterocycles. The summed E-state index contributed by atoms with van der Waals surface area (Å²) in [6.45, 7) is 2.87. The number of ketones is 1. The van der Waals surface area contributed by atoms with Crippen LogP contribution in [0.1, 0.15) is 23.0 Å². The number of benzene rings is 1. The molecule has 0 amide bonds. The average Bonchev–Trinajstić information content (AvgIpc) is 2.65. The van der Waals surface area contributed by atoms with E-state index >= 15 is 0 Å². The molecular weight excluding hydrogens is 298 g/mol. The van der Waals surface area contributed by atoms with Crippen molar-refractivity contribution in [3.63, 3.8) is 0 Å². The van der Waals surface area contributed by atoms with Gasteiger partial charge in [-0.15, -0.1) is 0 Å². The van der Waals surface area contributed by atoms with Gasteiger partial charge in [0.25, 0.3) is 0 Å². The first-order valence-electron chi connectivity index (χ1n) is 8.03. The third-order valence-corrected chi connectivity index (χ3v) is 4.71. The summed E-state index contributed by atoms with van der Waals surface area (Å²) in [5.41, 5.74) is 3.85. The largest absolute Gasteiger partial charge is 0.287 e. The highest BCUT2D eigenvalue weighted by molar-refractivity contribution is 6.26. The van der Waals surface area contributed by atoms with Crippen molar-refractivity contribution in [2.24, 2.45) is 0 Å². The zero-order valence-electron chi connectivity index (χ0n) is 13.2. The smallest absolute Gasteiger partial charge is 0.218 e. The van der Waals surface area contributed by atoms with Crippen LogP contribution < -0.4 is 4.57 Å². The molecular formula is C20H14N3O+. The Morgan fingerprint density at radius 1 is 1.00 bits per heavy atom. The average molecular weight is 312 g/mol. The fourth-order valence-corrected chi connectivity index (χ4v) is 3.52. The van der Waals surface area contributed by atoms with E-state index in [0.29, 0.717) is 11.3 Å². The molecule has 5 rings (SSSR count). The number of pyridine rings is 3. The molecule has 1 aliphatic rings. The van der Waals surface area contributed by atoms with Crippen molar-refractivity contribution in [3.05, 3.63) is 66.2 Å². The third-order valence-electron chi connectivity index (χ3n) is 4.71. The van der Waals surface area contributed by atoms with Crippen LogP contribution in [-0.4, -0.2) is 15.8 Å². The summed E-state index contributed by atoms with van der Waals surface area (Å²) in [6, 6.07) is 12.0. The molecule has 24 heavy (non-hydrogen) atoms. The minimum Gasteiger partial charge on any atom is -0.287 e. The van der Waals surface area contributed by atoms with Gasteiger partial charge in [-0.3, -0.25) is 9.78 Å². The summed E-state index contributed by atoms with van der Waals surface area (Å²) in [6.07, 6.45) is 5.61. The molecule has 0 saturated heterocycles. The van der Waals surface area contributed by atoms with E-state index in [1.165, 1.54) is 0 Å². The number of hydrogen-bond acceptors (Lipinski definition) is 3. The van der Waals surface area contributed by atoms with Crippen LogP contribution in [0.15, 0.2) is 55.0 Å². The quantitative estimate of drug-likeness (QED) is 0.352. The topological polar surface area (TPSA) is 46.7 Å². The summed E-state index contributed by atoms with van der Waals surface area (Å²) < 4.78 is 2.00. The van der Waals surface area contributed by atoms with E-state index < -0.39 is 0 Å². The lowest BCUT2D eigenvalue weighted by molar-refractivity contribution is -0.693. The molecule has 114 valence electrons. The fourth-order valence-electron chi connectivity index (χ4n) is 3.52. The summed E-state index contributed by atoms with van der Waals surface area (Å²) >= 11 is 0. The third kappa shape index (κ3) is 1.62. The molecule has 0 radical (unpaired) electrons. The number of para-hydroxylation sites is 1. The molecule has 0 spiro atoms. The normalized spacial score (nSPS) is 12.6. The SMILES string of the molecule is CC[n+]1ccc2c(c1)C(=O)c1nccc3c1c-2nc1ccccc13. The van der Waals surface area contributed by atoms with Crippen LogP contribution >= 0.6 is 0 Å². The first kappa shape index (κ1) is 13.3. The van der Waals surface area contributed by atoms with Gasteiger partial charge in [-0.25, -0.2) is 9.55 Å². The molecule has 4 heteroatoms. The van der Waals surface area contributed by atoms with Crippen molar-refractivity contribution in [2.75, 3.05) is 0 Å². The molecule has 4 nitrogen and oxygen atoms in total. The van der Waals surface area contributed by atoms with Gasteiger partial charge in [-0.2, -0.15) is 0 Å². The molecule has 0 bridgehead atoms. The summed E-state index contributed by atoms with van der Waals surface area (Å²) in [7, 11) is 0. The molecule has 0 fully saturated rings. The molecule has 3 heterocycles. The lowest BCUT2D eigenvalue weighted by Gasteiger charge is -2.18. The van der Waals surface area contributed by atoms with E-state index in [1.807, 2.05) is 53.4 Å². The van der Waals surface area contributed by atoms with Crippen LogP contribution in [-0.2, 0) is 6.54 Å². The molecule has 4 aromatic rings. The van der Waals surface area contributed by atoms with Gasteiger partial charge < -0.3 is 0 Å². The van der Waals surface area contributed by atoms with Crippen LogP contribution in [0.25, 0.3) is 32.9 Å². The zero-order chi connectivity index (χ0) is 16.3. The van der Waals surface area contributed by atoms with E-state index in [-0.39, 0.29) is 5.78 Å². The Balaban J connectivity index is 2.01. The van der Waals surface area contributed by atoms with E-state index in [0.717, 1.165) is 39.5 Å². The number of hydrogen-bond donors (Lipinski definition) is 0. The Bertz CT molecular complexity index is 1160. The van der Waals surface area contributed by atoms with E-state index in [9.17, 15) is 4.79 Å². The second-order valence-corrected chi connectivity index (χ2v) is 5.99. The maximum Gasteiger partial charge on any atom is 0.218 e. The highest BCUT2D eigenvalue weighted by Crippen LogP contribution is 2.39. The first-order chi connectivity index (χ1) is 11.8. The van der Waals surface area contributed by atoms with Crippen molar-refractivity contribution >= 4 is 27.5 Å². The van der Waals surface area contributed by atoms with Gasteiger partial charge in [0.2, 0.25) is 5.78 Å². The van der Waals surface area contributed by atoms with E-state index in [2.05, 4.69) is 11.9 Å². The Labute approximate surface area is 138 Å². The van der Waals surface area contributed by atoms with E-state index in [4.69, 9.17) is 4.98 Å². The van der Waals surface area contributed by atoms with Crippen molar-refractivity contribution in [2.45, 2.75) is 13.5 Å². The Hall–Kier alpha value is -3.14. The standard InChI is InChI=1S/C20H14N3O/c1-2-23-10-8-14-15(11-23)20(24)19-17-13(7-9-21-19)12-5-3-4-6-16(12)22-18(14)17/h3-11H,2H2,1H3/q+1. The zero-order valence-corrected chi connectivity index (χ0v) is 13.2. The van der Waals surface area contributed by atoms with Gasteiger partial charge in [0, 0.05) is 28.6 Å². The van der Waals surface area contributed by atoms with Crippen LogP contribution in [0.5, 0.6) is 0 Å². The van der Waals surface area contributed by atoms with Crippen LogP contribution in [0, 0.1) is 0 Å². The van der Waals surface area contributed by atoms with Gasteiger partial charge in [0.15, 0.2) is 12.4 Å². The monoisotopic (exact) mass is 312 g/mol. The first-order valence-corrected chi connectivity index (χ1v) is 8.03. The predicted molar refractivity (Wildman–Crippen MR) is 91.8 cm³/mol. The Morgan fingerprint density at radius 3 is 2.75 bits per heavy atom. The summed E-state index contributed by atoms with van der Waals surface area (Å²) in [5.74, 6) is -0.0250. The number of aryl methyl sites for hydroxylation is 1. The number of fused-ring (bicyclic) bond motifs is 4. The van der Waals surface area contributed by atoms with Crippen molar-refractivity contribution < 1.29 is 9.36 Å². The van der Waals surface area contributed by atoms with Crippen molar-refractivity contribution in [3.8, 4) is 11.3 Å². The van der Waals surface area contributed by atoms with Gasteiger partial charge >= 0.3 is 0 Å². The molecule has 0 atom stereocenters. The number of aromatic nitrogens is 3. The van der Waals surface area contributed by atoms with Crippen LogP contribution in [0.3, 0.4) is 0 Å². The lowest BCUT2D eigenvalue weighted by atomic mass is 9.88. The van der Waals surface area contributed by atoms with Crippen LogP contribution in [0.4, 0.5) is 0 Å². The van der Waals surface area contributed by atoms with Gasteiger partial charge in [-0.05, 0) is 24.4 Å². The number of rotatable bonds is 1. The lowest BCUT2D eigenvalue weighted by Crippen LogP contribution is -2.33. The van der Waals surface area contributed by atoms with Crippen LogP contribution in [0.2, 0.25) is 0 Å². The Morgan fingerprint density at radius 2 is 1.88 bits per heavy atom. The predicted octanol–water partition coefficient (Wildman–Crippen LogP) is 3.30. The highest BCUT2D eigenvalue weighted by Gasteiger charge is 2.30. The molecule has 0 N–H and O–H groups in total. The fraction of sp³-hybridized carbons (Fsp3) is 0.100. The summed E-state index contributed by atoms with van der Waals surface area (Å²) in [5, 5.41) is 2.95. The van der Waals surface area contributed by atoms with Gasteiger partial charge in [0.05, 0.1) is 16.8 Å². The van der Waals surface area contributed by atoms with Crippen molar-refractivity contribution in [1.82, 2.24) is 9.97 Å². The highest BCUT2D eigenvalue weighted by atomic mass is 16.1. The minimum atomic E-state index is -0.0250. The molecule has 1 aliphatic carbocycles.